The van der Waals surface area contributed by atoms with Crippen LogP contribution in [-0.4, -0.2) is 25.8 Å². The van der Waals surface area contributed by atoms with Crippen LogP contribution in [0, 0.1) is 0 Å². The molecule has 0 bridgehead atoms. The first-order valence-corrected chi connectivity index (χ1v) is 5.43. The largest absolute Gasteiger partial charge is 0.379 e. The summed E-state index contributed by atoms with van der Waals surface area (Å²) in [6.45, 7) is 1.62. The van der Waals surface area contributed by atoms with Gasteiger partial charge in [-0.3, -0.25) is 0 Å². The predicted octanol–water partition coefficient (Wildman–Crippen LogP) is 2.16. The standard InChI is InChI=1S/C12H15F2NO/c13-12(14,10-4-2-1-3-5-10)8-11-9-16-7-6-15-11/h1-5,11,15H,6-9H2. The molecule has 16 heavy (non-hydrogen) atoms. The summed E-state index contributed by atoms with van der Waals surface area (Å²) in [5.41, 5.74) is 0.0716. The van der Waals surface area contributed by atoms with Crippen molar-refractivity contribution in [2.75, 3.05) is 19.8 Å². The highest BCUT2D eigenvalue weighted by Gasteiger charge is 2.35. The van der Waals surface area contributed by atoms with E-state index in [1.807, 2.05) is 0 Å². The van der Waals surface area contributed by atoms with Crippen LogP contribution in [0.1, 0.15) is 12.0 Å². The van der Waals surface area contributed by atoms with Crippen molar-refractivity contribution in [3.8, 4) is 0 Å². The Morgan fingerprint density at radius 2 is 2.06 bits per heavy atom. The molecule has 1 aromatic rings. The summed E-state index contributed by atoms with van der Waals surface area (Å²) >= 11 is 0. The molecule has 1 aromatic carbocycles. The van der Waals surface area contributed by atoms with Crippen LogP contribution in [0.4, 0.5) is 8.78 Å². The molecule has 1 heterocycles. The minimum atomic E-state index is -2.79. The molecule has 1 aliphatic heterocycles. The smallest absolute Gasteiger partial charge is 0.274 e. The van der Waals surface area contributed by atoms with Crippen LogP contribution in [-0.2, 0) is 10.7 Å². The van der Waals surface area contributed by atoms with E-state index in [2.05, 4.69) is 5.32 Å². The molecule has 1 aliphatic rings. The highest BCUT2D eigenvalue weighted by Crippen LogP contribution is 2.32. The lowest BCUT2D eigenvalue weighted by Gasteiger charge is -2.27. The van der Waals surface area contributed by atoms with E-state index < -0.39 is 5.92 Å². The number of nitrogens with one attached hydrogen (secondary N) is 1. The Hall–Kier alpha value is -1.00. The summed E-state index contributed by atoms with van der Waals surface area (Å²) in [6, 6.07) is 7.67. The van der Waals surface area contributed by atoms with Gasteiger partial charge in [0.2, 0.25) is 0 Å². The zero-order chi connectivity index (χ0) is 11.4. The van der Waals surface area contributed by atoms with Gasteiger partial charge in [0.1, 0.15) is 0 Å². The van der Waals surface area contributed by atoms with E-state index in [-0.39, 0.29) is 18.0 Å². The van der Waals surface area contributed by atoms with Crippen molar-refractivity contribution in [2.45, 2.75) is 18.4 Å². The average molecular weight is 227 g/mol. The molecule has 1 fully saturated rings. The molecule has 0 saturated carbocycles. The normalized spacial score (nSPS) is 22.0. The SMILES string of the molecule is FC(F)(CC1COCCN1)c1ccccc1. The lowest BCUT2D eigenvalue weighted by atomic mass is 10.0. The minimum Gasteiger partial charge on any atom is -0.379 e. The fraction of sp³-hybridized carbons (Fsp3) is 0.500. The zero-order valence-electron chi connectivity index (χ0n) is 8.96. The van der Waals surface area contributed by atoms with Crippen molar-refractivity contribution in [1.29, 1.82) is 0 Å². The summed E-state index contributed by atoms with van der Waals surface area (Å²) < 4.78 is 32.9. The van der Waals surface area contributed by atoms with Crippen LogP contribution in [0.25, 0.3) is 0 Å². The Morgan fingerprint density at radius 3 is 2.69 bits per heavy atom. The number of hydrogen-bond donors (Lipinski definition) is 1. The molecule has 1 saturated heterocycles. The molecule has 0 amide bonds. The quantitative estimate of drug-likeness (QED) is 0.854. The third kappa shape index (κ3) is 2.77. The summed E-state index contributed by atoms with van der Waals surface area (Å²) in [4.78, 5) is 0. The maximum Gasteiger partial charge on any atom is 0.274 e. The lowest BCUT2D eigenvalue weighted by molar-refractivity contribution is -0.0414. The van der Waals surface area contributed by atoms with E-state index in [9.17, 15) is 8.78 Å². The topological polar surface area (TPSA) is 21.3 Å². The number of halogens is 2. The van der Waals surface area contributed by atoms with E-state index in [1.165, 1.54) is 12.1 Å². The van der Waals surface area contributed by atoms with Gasteiger partial charge in [0, 0.05) is 24.6 Å². The van der Waals surface area contributed by atoms with Crippen molar-refractivity contribution in [3.05, 3.63) is 35.9 Å². The molecule has 0 aromatic heterocycles. The second-order valence-electron chi connectivity index (χ2n) is 4.00. The Kier molecular flexibility index (Phi) is 3.51. The number of benzene rings is 1. The van der Waals surface area contributed by atoms with Crippen LogP contribution in [0.2, 0.25) is 0 Å². The number of hydrogen-bond acceptors (Lipinski definition) is 2. The van der Waals surface area contributed by atoms with Gasteiger partial charge in [-0.1, -0.05) is 30.3 Å². The molecule has 1 N–H and O–H groups in total. The first kappa shape index (κ1) is 11.5. The van der Waals surface area contributed by atoms with Crippen LogP contribution >= 0.6 is 0 Å². The van der Waals surface area contributed by atoms with E-state index in [1.54, 1.807) is 18.2 Å². The van der Waals surface area contributed by atoms with E-state index in [4.69, 9.17) is 4.74 Å². The van der Waals surface area contributed by atoms with Crippen molar-refractivity contribution in [1.82, 2.24) is 5.32 Å². The third-order valence-electron chi connectivity index (χ3n) is 2.70. The summed E-state index contributed by atoms with van der Waals surface area (Å²) in [5, 5.41) is 3.04. The minimum absolute atomic E-state index is 0.0716. The monoisotopic (exact) mass is 227 g/mol. The van der Waals surface area contributed by atoms with Crippen LogP contribution in [0.5, 0.6) is 0 Å². The fourth-order valence-corrected chi connectivity index (χ4v) is 1.86. The number of alkyl halides is 2. The predicted molar refractivity (Wildman–Crippen MR) is 57.6 cm³/mol. The number of ether oxygens (including phenoxy) is 1. The van der Waals surface area contributed by atoms with Crippen LogP contribution in [0.3, 0.4) is 0 Å². The van der Waals surface area contributed by atoms with E-state index in [0.717, 1.165) is 0 Å². The van der Waals surface area contributed by atoms with Crippen molar-refractivity contribution >= 4 is 0 Å². The van der Waals surface area contributed by atoms with Crippen molar-refractivity contribution in [2.24, 2.45) is 0 Å². The summed E-state index contributed by atoms with van der Waals surface area (Å²) in [5.74, 6) is -2.79. The third-order valence-corrected chi connectivity index (χ3v) is 2.70. The molecule has 1 unspecified atom stereocenters. The van der Waals surface area contributed by atoms with Gasteiger partial charge in [-0.2, -0.15) is 0 Å². The maximum absolute atomic E-state index is 13.8. The van der Waals surface area contributed by atoms with Gasteiger partial charge in [-0.05, 0) is 0 Å². The van der Waals surface area contributed by atoms with Gasteiger partial charge in [-0.25, -0.2) is 8.78 Å². The molecule has 2 nitrogen and oxygen atoms in total. The second-order valence-corrected chi connectivity index (χ2v) is 4.00. The molecule has 0 radical (unpaired) electrons. The Balaban J connectivity index is 2.01. The zero-order valence-corrected chi connectivity index (χ0v) is 8.96. The van der Waals surface area contributed by atoms with E-state index >= 15 is 0 Å². The molecule has 0 spiro atoms. The Labute approximate surface area is 93.6 Å². The van der Waals surface area contributed by atoms with Gasteiger partial charge in [0.25, 0.3) is 5.92 Å². The molecular weight excluding hydrogens is 212 g/mol. The molecule has 88 valence electrons. The summed E-state index contributed by atoms with van der Waals surface area (Å²) in [7, 11) is 0. The van der Waals surface area contributed by atoms with Gasteiger partial charge in [-0.15, -0.1) is 0 Å². The van der Waals surface area contributed by atoms with Gasteiger partial charge < -0.3 is 10.1 Å². The number of rotatable bonds is 3. The van der Waals surface area contributed by atoms with E-state index in [0.29, 0.717) is 19.8 Å². The average Bonchev–Trinajstić information content (AvgIpc) is 2.31. The van der Waals surface area contributed by atoms with Crippen LogP contribution < -0.4 is 5.32 Å². The molecule has 1 atom stereocenters. The number of morpholine rings is 1. The highest BCUT2D eigenvalue weighted by atomic mass is 19.3. The highest BCUT2D eigenvalue weighted by molar-refractivity contribution is 5.20. The van der Waals surface area contributed by atoms with Crippen molar-refractivity contribution in [3.63, 3.8) is 0 Å². The van der Waals surface area contributed by atoms with Crippen molar-refractivity contribution < 1.29 is 13.5 Å². The Morgan fingerprint density at radius 1 is 1.31 bits per heavy atom. The Bertz CT molecular complexity index is 323. The fourth-order valence-electron chi connectivity index (χ4n) is 1.86. The summed E-state index contributed by atoms with van der Waals surface area (Å²) in [6.07, 6.45) is -0.211. The lowest BCUT2D eigenvalue weighted by Crippen LogP contribution is -2.43. The van der Waals surface area contributed by atoms with Gasteiger partial charge in [0.15, 0.2) is 0 Å². The maximum atomic E-state index is 13.8. The molecule has 4 heteroatoms. The van der Waals surface area contributed by atoms with Crippen LogP contribution in [0.15, 0.2) is 30.3 Å². The first-order valence-electron chi connectivity index (χ1n) is 5.43. The second kappa shape index (κ2) is 4.89. The van der Waals surface area contributed by atoms with Gasteiger partial charge >= 0.3 is 0 Å². The molecular formula is C12H15F2NO. The molecule has 0 aliphatic carbocycles. The first-order chi connectivity index (χ1) is 7.68. The molecule has 2 rings (SSSR count). The van der Waals surface area contributed by atoms with Gasteiger partial charge in [0.05, 0.1) is 13.2 Å².